The van der Waals surface area contributed by atoms with Gasteiger partial charge < -0.3 is 20.1 Å². The fourth-order valence-corrected chi connectivity index (χ4v) is 3.56. The largest absolute Gasteiger partial charge is 0.482 e. The fraction of sp³-hybridized carbons (Fsp3) is 0.107. The molecule has 0 bridgehead atoms. The molecule has 172 valence electrons. The van der Waals surface area contributed by atoms with E-state index in [1.165, 1.54) is 0 Å². The van der Waals surface area contributed by atoms with Gasteiger partial charge in [0, 0.05) is 17.9 Å². The van der Waals surface area contributed by atoms with E-state index in [4.69, 9.17) is 21.1 Å². The first-order valence-electron chi connectivity index (χ1n) is 10.9. The van der Waals surface area contributed by atoms with E-state index in [-0.39, 0.29) is 12.5 Å². The van der Waals surface area contributed by atoms with Gasteiger partial charge in [-0.05, 0) is 78.7 Å². The molecule has 0 atom stereocenters. The van der Waals surface area contributed by atoms with E-state index in [9.17, 15) is 4.79 Å². The number of amides is 1. The van der Waals surface area contributed by atoms with Crippen molar-refractivity contribution < 1.29 is 14.3 Å². The fourth-order valence-electron chi connectivity index (χ4n) is 3.30. The molecule has 0 aliphatic rings. The van der Waals surface area contributed by atoms with Crippen molar-refractivity contribution in [3.8, 4) is 17.2 Å². The summed E-state index contributed by atoms with van der Waals surface area (Å²) in [5.74, 6) is 1.79. The van der Waals surface area contributed by atoms with Gasteiger partial charge in [-0.2, -0.15) is 0 Å². The Morgan fingerprint density at radius 2 is 1.59 bits per heavy atom. The van der Waals surface area contributed by atoms with E-state index >= 15 is 0 Å². The third-order valence-corrected chi connectivity index (χ3v) is 5.28. The molecule has 0 unspecified atom stereocenters. The standard InChI is InChI=1S/C28H25ClN2O3/c1-20-6-5-7-23(16-20)31-28(32)19-33-27-15-10-21(17-26(27)29)18-30-22-11-13-25(14-12-22)34-24-8-3-2-4-9-24/h2-17,30H,18-19H2,1H3,(H,31,32). The molecule has 1 amide bonds. The first-order valence-corrected chi connectivity index (χ1v) is 11.3. The van der Waals surface area contributed by atoms with Gasteiger partial charge in [0.2, 0.25) is 0 Å². The molecule has 0 saturated carbocycles. The molecule has 0 saturated heterocycles. The highest BCUT2D eigenvalue weighted by molar-refractivity contribution is 6.32. The van der Waals surface area contributed by atoms with Crippen LogP contribution in [0.5, 0.6) is 17.2 Å². The Morgan fingerprint density at radius 1 is 0.824 bits per heavy atom. The average molecular weight is 473 g/mol. The number of aryl methyl sites for hydroxylation is 1. The second kappa shape index (κ2) is 11.3. The van der Waals surface area contributed by atoms with Crippen LogP contribution in [0.15, 0.2) is 97.1 Å². The highest BCUT2D eigenvalue weighted by Crippen LogP contribution is 2.27. The molecule has 4 aromatic carbocycles. The SMILES string of the molecule is Cc1cccc(NC(=O)COc2ccc(CNc3ccc(Oc4ccccc4)cc3)cc2Cl)c1. The number of hydrogen-bond donors (Lipinski definition) is 2. The van der Waals surface area contributed by atoms with Gasteiger partial charge in [0.1, 0.15) is 17.2 Å². The van der Waals surface area contributed by atoms with Crippen molar-refractivity contribution in [2.75, 3.05) is 17.2 Å². The number of ether oxygens (including phenoxy) is 2. The molecule has 34 heavy (non-hydrogen) atoms. The molecule has 0 fully saturated rings. The molecule has 4 aromatic rings. The third-order valence-electron chi connectivity index (χ3n) is 4.99. The smallest absolute Gasteiger partial charge is 0.262 e. The summed E-state index contributed by atoms with van der Waals surface area (Å²) in [6.07, 6.45) is 0. The molecule has 0 spiro atoms. The predicted molar refractivity (Wildman–Crippen MR) is 137 cm³/mol. The van der Waals surface area contributed by atoms with E-state index in [1.54, 1.807) is 6.07 Å². The lowest BCUT2D eigenvalue weighted by molar-refractivity contribution is -0.118. The maximum atomic E-state index is 12.2. The Bertz CT molecular complexity index is 1240. The maximum Gasteiger partial charge on any atom is 0.262 e. The van der Waals surface area contributed by atoms with Crippen molar-refractivity contribution in [2.45, 2.75) is 13.5 Å². The van der Waals surface area contributed by atoms with Crippen LogP contribution in [-0.2, 0) is 11.3 Å². The Balaban J connectivity index is 1.26. The summed E-state index contributed by atoms with van der Waals surface area (Å²) >= 11 is 6.37. The summed E-state index contributed by atoms with van der Waals surface area (Å²) in [6.45, 7) is 2.44. The average Bonchev–Trinajstić information content (AvgIpc) is 2.84. The third kappa shape index (κ3) is 6.77. The lowest BCUT2D eigenvalue weighted by Gasteiger charge is -2.12. The number of rotatable bonds is 9. The molecule has 0 radical (unpaired) electrons. The van der Waals surface area contributed by atoms with Crippen molar-refractivity contribution in [2.24, 2.45) is 0 Å². The number of benzene rings is 4. The van der Waals surface area contributed by atoms with Gasteiger partial charge >= 0.3 is 0 Å². The quantitative estimate of drug-likeness (QED) is 0.273. The molecule has 2 N–H and O–H groups in total. The van der Waals surface area contributed by atoms with Crippen LogP contribution >= 0.6 is 11.6 Å². The van der Waals surface area contributed by atoms with Crippen molar-refractivity contribution in [1.29, 1.82) is 0 Å². The Hall–Kier alpha value is -3.96. The lowest BCUT2D eigenvalue weighted by Crippen LogP contribution is -2.20. The van der Waals surface area contributed by atoms with Gasteiger partial charge in [-0.1, -0.05) is 48.0 Å². The minimum atomic E-state index is -0.243. The van der Waals surface area contributed by atoms with Crippen molar-refractivity contribution >= 4 is 28.9 Å². The van der Waals surface area contributed by atoms with Gasteiger partial charge in [-0.15, -0.1) is 0 Å². The van der Waals surface area contributed by atoms with E-state index in [2.05, 4.69) is 10.6 Å². The molecule has 0 aliphatic heterocycles. The molecular formula is C28H25ClN2O3. The Labute approximate surface area is 204 Å². The molecule has 0 aliphatic carbocycles. The van der Waals surface area contributed by atoms with Gasteiger partial charge in [0.15, 0.2) is 6.61 Å². The van der Waals surface area contributed by atoms with E-state index in [0.29, 0.717) is 17.3 Å². The van der Waals surface area contributed by atoms with Gasteiger partial charge in [0.25, 0.3) is 5.91 Å². The number of carbonyl (C=O) groups is 1. The Morgan fingerprint density at radius 3 is 2.32 bits per heavy atom. The summed E-state index contributed by atoms with van der Waals surface area (Å²) in [5, 5.41) is 6.63. The van der Waals surface area contributed by atoms with Crippen LogP contribution in [0, 0.1) is 6.92 Å². The number of anilines is 2. The number of nitrogens with one attached hydrogen (secondary N) is 2. The summed E-state index contributed by atoms with van der Waals surface area (Å²) in [4.78, 5) is 12.2. The molecule has 0 aromatic heterocycles. The first kappa shape index (κ1) is 23.2. The molecule has 5 nitrogen and oxygen atoms in total. The van der Waals surface area contributed by atoms with Crippen LogP contribution in [0.25, 0.3) is 0 Å². The number of para-hydroxylation sites is 1. The summed E-state index contributed by atoms with van der Waals surface area (Å²) in [7, 11) is 0. The maximum absolute atomic E-state index is 12.2. The number of carbonyl (C=O) groups excluding carboxylic acids is 1. The number of hydrogen-bond acceptors (Lipinski definition) is 4. The van der Waals surface area contributed by atoms with Crippen LogP contribution in [0.4, 0.5) is 11.4 Å². The van der Waals surface area contributed by atoms with E-state index < -0.39 is 0 Å². The summed E-state index contributed by atoms with van der Waals surface area (Å²) in [6, 6.07) is 30.5. The Kier molecular flexibility index (Phi) is 7.68. The van der Waals surface area contributed by atoms with E-state index in [0.717, 1.165) is 34.0 Å². The zero-order chi connectivity index (χ0) is 23.8. The highest BCUT2D eigenvalue weighted by atomic mass is 35.5. The first-order chi connectivity index (χ1) is 16.5. The van der Waals surface area contributed by atoms with E-state index in [1.807, 2.05) is 97.9 Å². The highest BCUT2D eigenvalue weighted by Gasteiger charge is 2.08. The normalized spacial score (nSPS) is 10.4. The minimum Gasteiger partial charge on any atom is -0.482 e. The topological polar surface area (TPSA) is 59.6 Å². The molecule has 0 heterocycles. The van der Waals surface area contributed by atoms with Gasteiger partial charge in [-0.25, -0.2) is 0 Å². The number of halogens is 1. The molecule has 6 heteroatoms. The zero-order valence-corrected chi connectivity index (χ0v) is 19.5. The minimum absolute atomic E-state index is 0.122. The van der Waals surface area contributed by atoms with Crippen molar-refractivity contribution in [1.82, 2.24) is 0 Å². The second-order valence-corrected chi connectivity index (χ2v) is 8.17. The van der Waals surface area contributed by atoms with Crippen molar-refractivity contribution in [3.05, 3.63) is 113 Å². The molecule has 4 rings (SSSR count). The lowest BCUT2D eigenvalue weighted by atomic mass is 10.2. The second-order valence-electron chi connectivity index (χ2n) is 7.76. The van der Waals surface area contributed by atoms with Crippen LogP contribution in [0.3, 0.4) is 0 Å². The summed E-state index contributed by atoms with van der Waals surface area (Å²) < 4.78 is 11.4. The predicted octanol–water partition coefficient (Wildman–Crippen LogP) is 7.07. The van der Waals surface area contributed by atoms with Crippen LogP contribution < -0.4 is 20.1 Å². The van der Waals surface area contributed by atoms with Crippen molar-refractivity contribution in [3.63, 3.8) is 0 Å². The molecular weight excluding hydrogens is 448 g/mol. The monoisotopic (exact) mass is 472 g/mol. The van der Waals surface area contributed by atoms with Gasteiger partial charge in [0.05, 0.1) is 5.02 Å². The van der Waals surface area contributed by atoms with Crippen LogP contribution in [0.1, 0.15) is 11.1 Å². The zero-order valence-electron chi connectivity index (χ0n) is 18.8. The summed E-state index contributed by atoms with van der Waals surface area (Å²) in [5.41, 5.74) is 3.76. The van der Waals surface area contributed by atoms with Crippen LogP contribution in [-0.4, -0.2) is 12.5 Å². The van der Waals surface area contributed by atoms with Gasteiger partial charge in [-0.3, -0.25) is 4.79 Å². The van der Waals surface area contributed by atoms with Crippen LogP contribution in [0.2, 0.25) is 5.02 Å².